The number of amides is 3. The monoisotopic (exact) mass is 342 g/mol. The summed E-state index contributed by atoms with van der Waals surface area (Å²) in [5, 5.41) is 15.3. The third-order valence-electron chi connectivity index (χ3n) is 4.29. The van der Waals surface area contributed by atoms with Gasteiger partial charge in [0, 0.05) is 12.6 Å². The molecule has 9 heteroatoms. The molecule has 1 spiro atoms. The van der Waals surface area contributed by atoms with Crippen LogP contribution in [0.25, 0.3) is 0 Å². The Hall–Kier alpha value is -1.87. The molecule has 0 saturated carbocycles. The van der Waals surface area contributed by atoms with E-state index in [1.54, 1.807) is 20.8 Å². The van der Waals surface area contributed by atoms with Crippen LogP contribution in [-0.4, -0.2) is 70.3 Å². The summed E-state index contributed by atoms with van der Waals surface area (Å²) < 4.78 is 5.39. The van der Waals surface area contributed by atoms with E-state index in [0.29, 0.717) is 13.0 Å². The SMILES string of the molecule is C[C@@H](O)C(NC1CN(C(=O)OC(C)(C)C)C2(CNC2=O)C1)C(N)=O. The van der Waals surface area contributed by atoms with Crippen molar-refractivity contribution in [3.63, 3.8) is 0 Å². The normalized spacial score (nSPS) is 29.0. The van der Waals surface area contributed by atoms with Gasteiger partial charge in [0.05, 0.1) is 12.6 Å². The number of nitrogens with one attached hydrogen (secondary N) is 2. The molecule has 0 bridgehead atoms. The van der Waals surface area contributed by atoms with Crippen molar-refractivity contribution >= 4 is 17.9 Å². The molecule has 4 atom stereocenters. The van der Waals surface area contributed by atoms with Crippen molar-refractivity contribution < 1.29 is 24.2 Å². The van der Waals surface area contributed by atoms with Crippen LogP contribution in [0.1, 0.15) is 34.1 Å². The number of hydrogen-bond donors (Lipinski definition) is 4. The van der Waals surface area contributed by atoms with E-state index in [2.05, 4.69) is 10.6 Å². The van der Waals surface area contributed by atoms with Gasteiger partial charge >= 0.3 is 6.09 Å². The summed E-state index contributed by atoms with van der Waals surface area (Å²) in [6, 6.07) is -1.30. The van der Waals surface area contributed by atoms with Crippen LogP contribution in [-0.2, 0) is 14.3 Å². The Bertz CT molecular complexity index is 544. The number of carbonyl (C=O) groups excluding carboxylic acids is 3. The highest BCUT2D eigenvalue weighted by molar-refractivity contribution is 5.96. The highest BCUT2D eigenvalue weighted by Gasteiger charge is 2.59. The predicted octanol–water partition coefficient (Wildman–Crippen LogP) is -1.31. The number of primary amides is 1. The Morgan fingerprint density at radius 1 is 1.50 bits per heavy atom. The van der Waals surface area contributed by atoms with E-state index < -0.39 is 35.3 Å². The fourth-order valence-electron chi connectivity index (χ4n) is 3.12. The Morgan fingerprint density at radius 2 is 2.12 bits per heavy atom. The minimum Gasteiger partial charge on any atom is -0.444 e. The standard InChI is InChI=1S/C15H26N4O5/c1-8(20)10(11(16)21)18-9-5-15(7-17-12(15)22)19(6-9)13(23)24-14(2,3)4/h8-10,18,20H,5-7H2,1-4H3,(H2,16,21)(H,17,22)/t8-,9?,10?,15?/m1/s1. The van der Waals surface area contributed by atoms with E-state index in [1.165, 1.54) is 11.8 Å². The summed E-state index contributed by atoms with van der Waals surface area (Å²) in [5.41, 5.74) is 3.64. The molecule has 24 heavy (non-hydrogen) atoms. The first-order chi connectivity index (χ1) is 11.0. The molecule has 2 fully saturated rings. The molecule has 0 aliphatic carbocycles. The summed E-state index contributed by atoms with van der Waals surface area (Å²) in [6.45, 7) is 7.23. The van der Waals surface area contributed by atoms with Gasteiger partial charge in [0.2, 0.25) is 11.8 Å². The molecule has 2 aliphatic heterocycles. The minimum absolute atomic E-state index is 0.193. The topological polar surface area (TPSA) is 134 Å². The van der Waals surface area contributed by atoms with Gasteiger partial charge in [-0.2, -0.15) is 0 Å². The van der Waals surface area contributed by atoms with Crippen LogP contribution in [0.2, 0.25) is 0 Å². The lowest BCUT2D eigenvalue weighted by Gasteiger charge is -2.44. The fourth-order valence-corrected chi connectivity index (χ4v) is 3.12. The van der Waals surface area contributed by atoms with Crippen LogP contribution in [0.4, 0.5) is 4.79 Å². The van der Waals surface area contributed by atoms with Crippen molar-refractivity contribution in [2.45, 2.75) is 63.4 Å². The number of hydrogen-bond acceptors (Lipinski definition) is 6. The lowest BCUT2D eigenvalue weighted by atomic mass is 9.87. The van der Waals surface area contributed by atoms with Gasteiger partial charge in [-0.15, -0.1) is 0 Å². The summed E-state index contributed by atoms with van der Waals surface area (Å²) in [6.07, 6.45) is -1.23. The maximum atomic E-state index is 12.5. The average molecular weight is 342 g/mol. The van der Waals surface area contributed by atoms with Crippen molar-refractivity contribution in [2.75, 3.05) is 13.1 Å². The van der Waals surface area contributed by atoms with Gasteiger partial charge in [0.25, 0.3) is 0 Å². The number of rotatable bonds is 4. The number of ether oxygens (including phenoxy) is 1. The van der Waals surface area contributed by atoms with E-state index in [1.807, 2.05) is 0 Å². The molecule has 2 aliphatic rings. The van der Waals surface area contributed by atoms with Crippen LogP contribution in [0.15, 0.2) is 0 Å². The van der Waals surface area contributed by atoms with E-state index in [4.69, 9.17) is 10.5 Å². The number of β-lactam (4-membered cyclic amide) rings is 1. The first-order valence-electron chi connectivity index (χ1n) is 7.98. The maximum absolute atomic E-state index is 12.5. The van der Waals surface area contributed by atoms with Crippen molar-refractivity contribution in [1.29, 1.82) is 0 Å². The predicted molar refractivity (Wildman–Crippen MR) is 84.9 cm³/mol. The second-order valence-electron chi connectivity index (χ2n) is 7.49. The third-order valence-corrected chi connectivity index (χ3v) is 4.29. The first-order valence-corrected chi connectivity index (χ1v) is 7.98. The maximum Gasteiger partial charge on any atom is 0.411 e. The number of likely N-dealkylation sites (tertiary alicyclic amines) is 1. The molecule has 0 aromatic heterocycles. The molecule has 0 aromatic carbocycles. The zero-order valence-corrected chi connectivity index (χ0v) is 14.5. The lowest BCUT2D eigenvalue weighted by molar-refractivity contribution is -0.140. The van der Waals surface area contributed by atoms with Crippen molar-refractivity contribution in [3.05, 3.63) is 0 Å². The lowest BCUT2D eigenvalue weighted by Crippen LogP contribution is -2.71. The zero-order valence-electron chi connectivity index (χ0n) is 14.5. The summed E-state index contributed by atoms with van der Waals surface area (Å²) in [5.74, 6) is -0.932. The average Bonchev–Trinajstić information content (AvgIpc) is 2.82. The van der Waals surface area contributed by atoms with E-state index >= 15 is 0 Å². The molecule has 9 nitrogen and oxygen atoms in total. The van der Waals surface area contributed by atoms with Gasteiger partial charge in [0.15, 0.2) is 0 Å². The second-order valence-corrected chi connectivity index (χ2v) is 7.49. The Morgan fingerprint density at radius 3 is 2.50 bits per heavy atom. The second kappa shape index (κ2) is 6.21. The molecule has 3 unspecified atom stereocenters. The number of nitrogens with two attached hydrogens (primary N) is 1. The van der Waals surface area contributed by atoms with Gasteiger partial charge < -0.3 is 20.9 Å². The number of carbonyl (C=O) groups is 3. The summed E-state index contributed by atoms with van der Waals surface area (Å²) in [4.78, 5) is 37.4. The molecule has 0 radical (unpaired) electrons. The summed E-state index contributed by atoms with van der Waals surface area (Å²) in [7, 11) is 0. The van der Waals surface area contributed by atoms with Gasteiger partial charge in [-0.1, -0.05) is 0 Å². The van der Waals surface area contributed by atoms with E-state index in [0.717, 1.165) is 0 Å². The Balaban J connectivity index is 2.15. The van der Waals surface area contributed by atoms with Crippen molar-refractivity contribution in [2.24, 2.45) is 5.73 Å². The first kappa shape index (κ1) is 18.5. The van der Waals surface area contributed by atoms with Crippen LogP contribution < -0.4 is 16.4 Å². The number of aliphatic hydroxyl groups excluding tert-OH is 1. The van der Waals surface area contributed by atoms with Crippen molar-refractivity contribution in [1.82, 2.24) is 15.5 Å². The molecule has 0 aromatic rings. The Labute approximate surface area is 140 Å². The third kappa shape index (κ3) is 3.46. The summed E-state index contributed by atoms with van der Waals surface area (Å²) >= 11 is 0. The highest BCUT2D eigenvalue weighted by atomic mass is 16.6. The number of aliphatic hydroxyl groups is 1. The molecule has 136 valence electrons. The Kier molecular flexibility index (Phi) is 4.78. The van der Waals surface area contributed by atoms with Crippen LogP contribution >= 0.6 is 0 Å². The molecule has 2 saturated heterocycles. The van der Waals surface area contributed by atoms with Crippen LogP contribution in [0, 0.1) is 0 Å². The van der Waals surface area contributed by atoms with E-state index in [-0.39, 0.29) is 18.5 Å². The number of nitrogens with zero attached hydrogens (tertiary/aromatic N) is 1. The largest absolute Gasteiger partial charge is 0.444 e. The van der Waals surface area contributed by atoms with Gasteiger partial charge in [-0.25, -0.2) is 4.79 Å². The molecular formula is C15H26N4O5. The van der Waals surface area contributed by atoms with E-state index in [9.17, 15) is 19.5 Å². The molecule has 5 N–H and O–H groups in total. The molecule has 2 rings (SSSR count). The zero-order chi connectivity index (χ0) is 18.3. The van der Waals surface area contributed by atoms with Crippen LogP contribution in [0.3, 0.4) is 0 Å². The van der Waals surface area contributed by atoms with Crippen molar-refractivity contribution in [3.8, 4) is 0 Å². The minimum atomic E-state index is -0.982. The van der Waals surface area contributed by atoms with Gasteiger partial charge in [-0.05, 0) is 34.1 Å². The smallest absolute Gasteiger partial charge is 0.411 e. The molecule has 3 amide bonds. The quantitative estimate of drug-likeness (QED) is 0.469. The van der Waals surface area contributed by atoms with Gasteiger partial charge in [-0.3, -0.25) is 19.8 Å². The molecular weight excluding hydrogens is 316 g/mol. The van der Waals surface area contributed by atoms with Crippen LogP contribution in [0.5, 0.6) is 0 Å². The highest BCUT2D eigenvalue weighted by Crippen LogP contribution is 2.35. The fraction of sp³-hybridized carbons (Fsp3) is 0.800. The van der Waals surface area contributed by atoms with Gasteiger partial charge in [0.1, 0.15) is 17.2 Å². The molecule has 2 heterocycles.